The molecule has 7 rings (SSSR count). The van der Waals surface area contributed by atoms with E-state index in [0.29, 0.717) is 5.66 Å². The summed E-state index contributed by atoms with van der Waals surface area (Å²) in [5, 5.41) is 8.65. The highest BCUT2D eigenvalue weighted by atomic mass is 31.2. The Kier molecular flexibility index (Phi) is 8.14. The van der Waals surface area contributed by atoms with E-state index in [1.807, 2.05) is 0 Å². The molecule has 44 heavy (non-hydrogen) atoms. The Morgan fingerprint density at radius 2 is 0.886 bits per heavy atom. The van der Waals surface area contributed by atoms with Gasteiger partial charge in [0.15, 0.2) is 0 Å². The molecule has 0 bridgehead atoms. The fraction of sp³-hybridized carbons (Fsp3) is 0.0952. The van der Waals surface area contributed by atoms with Gasteiger partial charge in [0.05, 0.1) is 11.8 Å². The molecule has 0 spiro atoms. The predicted molar refractivity (Wildman–Crippen MR) is 197 cm³/mol. The van der Waals surface area contributed by atoms with Crippen LogP contribution in [-0.4, -0.2) is 11.8 Å². The molecule has 0 heterocycles. The van der Waals surface area contributed by atoms with Gasteiger partial charge >= 0.3 is 0 Å². The molecule has 0 aliphatic heterocycles. The zero-order chi connectivity index (χ0) is 29.8. The maximum Gasteiger partial charge on any atom is 0.115 e. The topological polar surface area (TPSA) is 0 Å². The Labute approximate surface area is 263 Å². The predicted octanol–water partition coefficient (Wildman–Crippen LogP) is 8.29. The number of allylic oxidation sites excluding steroid dienone is 1. The van der Waals surface area contributed by atoms with Gasteiger partial charge in [-0.15, -0.1) is 0 Å². The second kappa shape index (κ2) is 12.5. The van der Waals surface area contributed by atoms with Crippen LogP contribution in [0.2, 0.25) is 0 Å². The van der Waals surface area contributed by atoms with Crippen molar-refractivity contribution in [1.82, 2.24) is 0 Å². The maximum absolute atomic E-state index is 4.24. The van der Waals surface area contributed by atoms with Crippen LogP contribution in [0.25, 0.3) is 11.1 Å². The lowest BCUT2D eigenvalue weighted by molar-refractivity contribution is 1.47. The number of hydrogen-bond acceptors (Lipinski definition) is 0. The van der Waals surface area contributed by atoms with Gasteiger partial charge in [-0.2, -0.15) is 0 Å². The van der Waals surface area contributed by atoms with E-state index in [-0.39, 0.29) is 0 Å². The van der Waals surface area contributed by atoms with Crippen molar-refractivity contribution in [3.05, 3.63) is 183 Å². The third kappa shape index (κ3) is 5.08. The zero-order valence-electron chi connectivity index (χ0n) is 25.0. The van der Waals surface area contributed by atoms with E-state index in [9.17, 15) is 0 Å². The highest BCUT2D eigenvalue weighted by molar-refractivity contribution is 7.96. The standard InChI is InChI=1S/C42H38P2/c1-2-32-43(36-17-7-3-8-18-36,37-19-9-4-10-20-37)42-25-15-16-35(33-42)34-26-28-40(29-27-34)44(41-30-31-41,38-21-11-5-12-22-38)39-23-13-6-14-24-39/h2-29,33,41H,1,30-32H2/q+2. The first kappa shape index (κ1) is 28.7. The van der Waals surface area contributed by atoms with Crippen LogP contribution in [0.15, 0.2) is 183 Å². The number of hydrogen-bond donors (Lipinski definition) is 0. The molecule has 6 aromatic carbocycles. The van der Waals surface area contributed by atoms with Crippen molar-refractivity contribution < 1.29 is 0 Å². The first-order valence-corrected chi connectivity index (χ1v) is 19.4. The lowest BCUT2D eigenvalue weighted by Crippen LogP contribution is -2.34. The minimum atomic E-state index is -1.93. The summed E-state index contributed by atoms with van der Waals surface area (Å²) in [6, 6.07) is 63.7. The summed E-state index contributed by atoms with van der Waals surface area (Å²) in [5.41, 5.74) is 3.25. The molecule has 1 fully saturated rings. The van der Waals surface area contributed by atoms with E-state index in [2.05, 4.69) is 183 Å². The Bertz CT molecular complexity index is 1750. The van der Waals surface area contributed by atoms with Crippen LogP contribution in [-0.2, 0) is 0 Å². The van der Waals surface area contributed by atoms with E-state index in [1.165, 1.54) is 55.8 Å². The van der Waals surface area contributed by atoms with E-state index in [1.54, 1.807) is 0 Å². The van der Waals surface area contributed by atoms with Crippen LogP contribution >= 0.6 is 14.5 Å². The van der Waals surface area contributed by atoms with E-state index < -0.39 is 14.5 Å². The molecule has 0 N–H and O–H groups in total. The van der Waals surface area contributed by atoms with E-state index in [0.717, 1.165) is 6.16 Å². The highest BCUT2D eigenvalue weighted by Crippen LogP contribution is 2.67. The van der Waals surface area contributed by atoms with Crippen LogP contribution in [0.4, 0.5) is 0 Å². The molecule has 6 aromatic rings. The third-order valence-corrected chi connectivity index (χ3v) is 18.4. The first-order chi connectivity index (χ1) is 21.8. The summed E-state index contributed by atoms with van der Waals surface area (Å²) in [4.78, 5) is 0. The Hall–Kier alpha value is -4.08. The zero-order valence-corrected chi connectivity index (χ0v) is 26.8. The summed E-state index contributed by atoms with van der Waals surface area (Å²) in [6.07, 6.45) is 5.64. The van der Waals surface area contributed by atoms with Crippen LogP contribution < -0.4 is 31.8 Å². The Balaban J connectivity index is 1.35. The highest BCUT2D eigenvalue weighted by Gasteiger charge is 2.57. The van der Waals surface area contributed by atoms with Crippen molar-refractivity contribution in [1.29, 1.82) is 0 Å². The number of benzene rings is 6. The summed E-state index contributed by atoms with van der Waals surface area (Å²) in [7, 11) is -3.69. The molecular formula is C42H38P2+2. The van der Waals surface area contributed by atoms with Gasteiger partial charge in [-0.05, 0) is 96.8 Å². The maximum atomic E-state index is 4.24. The van der Waals surface area contributed by atoms with E-state index in [4.69, 9.17) is 0 Å². The SMILES string of the molecule is C=CC[P+](c1ccccc1)(c1ccccc1)c1cccc(-c2ccc([P+](c3ccccc3)(c3ccccc3)C3CC3)cc2)c1. The van der Waals surface area contributed by atoms with Gasteiger partial charge in [-0.3, -0.25) is 0 Å². The molecule has 1 aliphatic rings. The molecule has 0 atom stereocenters. The molecular weight excluding hydrogens is 566 g/mol. The summed E-state index contributed by atoms with van der Waals surface area (Å²) < 4.78 is 0. The number of rotatable bonds is 10. The van der Waals surface area contributed by atoms with Crippen LogP contribution in [0.5, 0.6) is 0 Å². The van der Waals surface area contributed by atoms with Crippen molar-refractivity contribution in [2.45, 2.75) is 18.5 Å². The average Bonchev–Trinajstić information content (AvgIpc) is 3.96. The molecule has 214 valence electrons. The molecule has 0 nitrogen and oxygen atoms in total. The van der Waals surface area contributed by atoms with E-state index >= 15 is 0 Å². The monoisotopic (exact) mass is 604 g/mol. The molecule has 1 saturated carbocycles. The summed E-state index contributed by atoms with van der Waals surface area (Å²) in [5.74, 6) is 0. The smallest absolute Gasteiger partial charge is 0.0995 e. The van der Waals surface area contributed by atoms with Gasteiger partial charge in [0, 0.05) is 0 Å². The van der Waals surface area contributed by atoms with Crippen molar-refractivity contribution in [2.75, 3.05) is 6.16 Å². The van der Waals surface area contributed by atoms with Gasteiger partial charge in [0.25, 0.3) is 0 Å². The molecule has 0 unspecified atom stereocenters. The largest absolute Gasteiger partial charge is 0.115 e. The molecule has 0 saturated heterocycles. The Morgan fingerprint density at radius 3 is 1.34 bits per heavy atom. The van der Waals surface area contributed by atoms with Crippen LogP contribution in [0.3, 0.4) is 0 Å². The summed E-state index contributed by atoms with van der Waals surface area (Å²) in [6.45, 7) is 4.24. The summed E-state index contributed by atoms with van der Waals surface area (Å²) >= 11 is 0. The third-order valence-electron chi connectivity index (χ3n) is 9.11. The first-order valence-electron chi connectivity index (χ1n) is 15.6. The van der Waals surface area contributed by atoms with Gasteiger partial charge in [-0.1, -0.05) is 110 Å². The van der Waals surface area contributed by atoms with Crippen LogP contribution in [0, 0.1) is 0 Å². The molecule has 0 amide bonds. The van der Waals surface area contributed by atoms with Crippen molar-refractivity contribution in [3.63, 3.8) is 0 Å². The molecule has 1 aliphatic carbocycles. The molecule has 0 radical (unpaired) electrons. The minimum Gasteiger partial charge on any atom is -0.0995 e. The molecule has 2 heteroatoms. The second-order valence-corrected chi connectivity index (χ2v) is 18.9. The fourth-order valence-electron chi connectivity index (χ4n) is 7.00. The van der Waals surface area contributed by atoms with Crippen molar-refractivity contribution in [3.8, 4) is 11.1 Å². The van der Waals surface area contributed by atoms with Crippen molar-refractivity contribution in [2.24, 2.45) is 0 Å². The van der Waals surface area contributed by atoms with Crippen LogP contribution in [0.1, 0.15) is 12.8 Å². The lowest BCUT2D eigenvalue weighted by Gasteiger charge is -2.28. The Morgan fingerprint density at radius 1 is 0.455 bits per heavy atom. The van der Waals surface area contributed by atoms with Gasteiger partial charge < -0.3 is 0 Å². The normalized spacial score (nSPS) is 13.4. The minimum absolute atomic E-state index is 0.711. The molecule has 0 aromatic heterocycles. The average molecular weight is 605 g/mol. The second-order valence-electron chi connectivity index (χ2n) is 11.7. The van der Waals surface area contributed by atoms with Crippen molar-refractivity contribution >= 4 is 46.4 Å². The van der Waals surface area contributed by atoms with Gasteiger partial charge in [0.2, 0.25) is 0 Å². The lowest BCUT2D eigenvalue weighted by atomic mass is 10.1. The quantitative estimate of drug-likeness (QED) is 0.109. The van der Waals surface area contributed by atoms with Gasteiger partial charge in [-0.25, -0.2) is 0 Å². The fourth-order valence-corrected chi connectivity index (χ4v) is 16.0. The van der Waals surface area contributed by atoms with Gasteiger partial charge in [0.1, 0.15) is 46.4 Å².